The average molecular weight is 234 g/mol. The normalized spacial score (nSPS) is 14.2. The number of nitrogens with one attached hydrogen (secondary N) is 1. The van der Waals surface area contributed by atoms with Crippen molar-refractivity contribution in [1.29, 1.82) is 0 Å². The molecule has 1 aliphatic rings. The zero-order chi connectivity index (χ0) is 12.3. The Labute approximate surface area is 99.4 Å². The monoisotopic (exact) mass is 234 g/mol. The zero-order valence-electron chi connectivity index (χ0n) is 9.82. The number of amidine groups is 1. The van der Waals surface area contributed by atoms with Gasteiger partial charge in [-0.3, -0.25) is 9.79 Å². The predicted octanol–water partition coefficient (Wildman–Crippen LogP) is 0.775. The van der Waals surface area contributed by atoms with E-state index in [0.29, 0.717) is 23.8 Å². The number of aliphatic imine (C=N–C) groups is 1. The number of methoxy groups -OCH3 is 2. The highest BCUT2D eigenvalue weighted by atomic mass is 16.5. The van der Waals surface area contributed by atoms with Crippen LogP contribution in [0, 0.1) is 0 Å². The third-order valence-corrected chi connectivity index (χ3v) is 2.52. The van der Waals surface area contributed by atoms with E-state index in [2.05, 4.69) is 10.3 Å². The van der Waals surface area contributed by atoms with Gasteiger partial charge in [0.2, 0.25) is 5.91 Å². The van der Waals surface area contributed by atoms with Gasteiger partial charge in [-0.2, -0.15) is 0 Å². The summed E-state index contributed by atoms with van der Waals surface area (Å²) in [5, 5.41) is 2.71. The van der Waals surface area contributed by atoms with Crippen LogP contribution < -0.4 is 14.8 Å². The maximum atomic E-state index is 11.0. The van der Waals surface area contributed by atoms with Gasteiger partial charge >= 0.3 is 0 Å². The Hall–Kier alpha value is -2.04. The number of nitrogens with zero attached hydrogens (tertiary/aromatic N) is 1. The molecule has 0 aromatic heterocycles. The van der Waals surface area contributed by atoms with Crippen molar-refractivity contribution < 1.29 is 14.3 Å². The first-order valence-corrected chi connectivity index (χ1v) is 5.27. The van der Waals surface area contributed by atoms with Crippen LogP contribution in [-0.4, -0.2) is 32.5 Å². The number of carbonyl (C=O) groups excluding carboxylic acids is 1. The van der Waals surface area contributed by atoms with E-state index >= 15 is 0 Å². The van der Waals surface area contributed by atoms with E-state index in [9.17, 15) is 4.79 Å². The molecule has 0 spiro atoms. The fourth-order valence-corrected chi connectivity index (χ4v) is 1.69. The molecule has 1 N–H and O–H groups in total. The molecule has 1 aromatic rings. The molecule has 0 saturated carbocycles. The number of hydrogen-bond acceptors (Lipinski definition) is 4. The first-order chi connectivity index (χ1) is 8.22. The summed E-state index contributed by atoms with van der Waals surface area (Å²) in [7, 11) is 3.19. The number of ether oxygens (including phenoxy) is 2. The Morgan fingerprint density at radius 3 is 2.65 bits per heavy atom. The van der Waals surface area contributed by atoms with Crippen LogP contribution >= 0.6 is 0 Å². The largest absolute Gasteiger partial charge is 0.493 e. The summed E-state index contributed by atoms with van der Waals surface area (Å²) in [6.07, 6.45) is 0.589. The predicted molar refractivity (Wildman–Crippen MR) is 63.7 cm³/mol. The van der Waals surface area contributed by atoms with Gasteiger partial charge in [0.25, 0.3) is 0 Å². The minimum atomic E-state index is -0.0551. The molecule has 5 nitrogen and oxygen atoms in total. The summed E-state index contributed by atoms with van der Waals surface area (Å²) in [4.78, 5) is 15.1. The van der Waals surface area contributed by atoms with Crippen molar-refractivity contribution in [1.82, 2.24) is 5.32 Å². The lowest BCUT2D eigenvalue weighted by Crippen LogP contribution is -2.25. The summed E-state index contributed by atoms with van der Waals surface area (Å²) in [5.74, 6) is 2.01. The van der Waals surface area contributed by atoms with E-state index in [1.165, 1.54) is 0 Å². The Bertz CT molecular complexity index is 469. The number of hydrogen-bond donors (Lipinski definition) is 1. The van der Waals surface area contributed by atoms with Crippen molar-refractivity contribution in [2.75, 3.05) is 20.8 Å². The fourth-order valence-electron chi connectivity index (χ4n) is 1.69. The van der Waals surface area contributed by atoms with Gasteiger partial charge in [-0.05, 0) is 17.7 Å². The Kier molecular flexibility index (Phi) is 3.27. The summed E-state index contributed by atoms with van der Waals surface area (Å²) in [6.45, 7) is 0.225. The molecule has 1 amide bonds. The fraction of sp³-hybridized carbons (Fsp3) is 0.333. The van der Waals surface area contributed by atoms with Crippen molar-refractivity contribution in [2.24, 2.45) is 4.99 Å². The second kappa shape index (κ2) is 4.86. The molecule has 0 unspecified atom stereocenters. The molecule has 1 aromatic carbocycles. The van der Waals surface area contributed by atoms with Gasteiger partial charge in [0.15, 0.2) is 11.5 Å². The lowest BCUT2D eigenvalue weighted by molar-refractivity contribution is -0.117. The average Bonchev–Trinajstić information content (AvgIpc) is 2.74. The molecule has 0 aliphatic carbocycles. The van der Waals surface area contributed by atoms with E-state index in [1.54, 1.807) is 14.2 Å². The van der Waals surface area contributed by atoms with Gasteiger partial charge in [-0.1, -0.05) is 6.07 Å². The lowest BCUT2D eigenvalue weighted by atomic mass is 10.1. The van der Waals surface area contributed by atoms with Crippen LogP contribution in [0.2, 0.25) is 0 Å². The first kappa shape index (κ1) is 11.4. The Balaban J connectivity index is 2.14. The summed E-state index contributed by atoms with van der Waals surface area (Å²) >= 11 is 0. The highest BCUT2D eigenvalue weighted by molar-refractivity contribution is 6.04. The maximum absolute atomic E-state index is 11.0. The third kappa shape index (κ3) is 2.55. The minimum Gasteiger partial charge on any atom is -0.493 e. The zero-order valence-corrected chi connectivity index (χ0v) is 9.82. The van der Waals surface area contributed by atoms with Crippen molar-refractivity contribution in [3.8, 4) is 11.5 Å². The molecule has 1 heterocycles. The van der Waals surface area contributed by atoms with Crippen molar-refractivity contribution in [3.63, 3.8) is 0 Å². The quantitative estimate of drug-likeness (QED) is 0.837. The maximum Gasteiger partial charge on any atom is 0.247 e. The minimum absolute atomic E-state index is 0.0551. The molecule has 0 radical (unpaired) electrons. The molecule has 5 heteroatoms. The third-order valence-electron chi connectivity index (χ3n) is 2.52. The summed E-state index contributed by atoms with van der Waals surface area (Å²) in [6, 6.07) is 5.64. The van der Waals surface area contributed by atoms with Gasteiger partial charge in [0.05, 0.1) is 14.2 Å². The standard InChI is InChI=1S/C12H14N2O3/c1-16-9-4-3-8(5-10(9)17-2)6-11-13-7-12(15)14-11/h3-5H,6-7H2,1-2H3,(H,13,14,15). The van der Waals surface area contributed by atoms with E-state index in [-0.39, 0.29) is 12.5 Å². The van der Waals surface area contributed by atoms with Gasteiger partial charge in [0.1, 0.15) is 12.4 Å². The van der Waals surface area contributed by atoms with Crippen LogP contribution in [0.25, 0.3) is 0 Å². The van der Waals surface area contributed by atoms with Crippen molar-refractivity contribution in [3.05, 3.63) is 23.8 Å². The lowest BCUT2D eigenvalue weighted by Gasteiger charge is -2.09. The second-order valence-corrected chi connectivity index (χ2v) is 3.68. The topological polar surface area (TPSA) is 59.9 Å². The molecule has 0 fully saturated rings. The molecule has 17 heavy (non-hydrogen) atoms. The van der Waals surface area contributed by atoms with Crippen molar-refractivity contribution in [2.45, 2.75) is 6.42 Å². The van der Waals surface area contributed by atoms with Crippen LogP contribution in [0.15, 0.2) is 23.2 Å². The van der Waals surface area contributed by atoms with E-state index < -0.39 is 0 Å². The number of rotatable bonds is 4. The summed E-state index contributed by atoms with van der Waals surface area (Å²) < 4.78 is 10.4. The van der Waals surface area contributed by atoms with E-state index in [4.69, 9.17) is 9.47 Å². The Morgan fingerprint density at radius 1 is 1.29 bits per heavy atom. The molecular formula is C12H14N2O3. The van der Waals surface area contributed by atoms with Gasteiger partial charge in [-0.25, -0.2) is 0 Å². The number of carbonyl (C=O) groups is 1. The molecule has 0 saturated heterocycles. The van der Waals surface area contributed by atoms with Gasteiger partial charge < -0.3 is 14.8 Å². The van der Waals surface area contributed by atoms with E-state index in [1.807, 2.05) is 18.2 Å². The van der Waals surface area contributed by atoms with Crippen LogP contribution in [0.5, 0.6) is 11.5 Å². The van der Waals surface area contributed by atoms with Gasteiger partial charge in [0, 0.05) is 6.42 Å². The highest BCUT2D eigenvalue weighted by Gasteiger charge is 2.14. The number of amides is 1. The molecule has 0 bridgehead atoms. The van der Waals surface area contributed by atoms with Crippen LogP contribution in [0.1, 0.15) is 5.56 Å². The molecule has 2 rings (SSSR count). The van der Waals surface area contributed by atoms with Crippen molar-refractivity contribution >= 4 is 11.7 Å². The smallest absolute Gasteiger partial charge is 0.247 e. The highest BCUT2D eigenvalue weighted by Crippen LogP contribution is 2.27. The van der Waals surface area contributed by atoms with E-state index in [0.717, 1.165) is 5.56 Å². The molecule has 0 atom stereocenters. The summed E-state index contributed by atoms with van der Waals surface area (Å²) in [5.41, 5.74) is 1.02. The van der Waals surface area contributed by atoms with Crippen LogP contribution in [-0.2, 0) is 11.2 Å². The Morgan fingerprint density at radius 2 is 2.06 bits per heavy atom. The second-order valence-electron chi connectivity index (χ2n) is 3.68. The number of benzene rings is 1. The molecule has 90 valence electrons. The van der Waals surface area contributed by atoms with Gasteiger partial charge in [-0.15, -0.1) is 0 Å². The SMILES string of the molecule is COc1ccc(CC2=NCC(=O)N2)cc1OC. The van der Waals surface area contributed by atoms with Crippen LogP contribution in [0.4, 0.5) is 0 Å². The molecule has 1 aliphatic heterocycles. The van der Waals surface area contributed by atoms with Crippen LogP contribution in [0.3, 0.4) is 0 Å². The molecular weight excluding hydrogens is 220 g/mol. The first-order valence-electron chi connectivity index (χ1n) is 5.27.